The lowest BCUT2D eigenvalue weighted by molar-refractivity contribution is -0.128. The van der Waals surface area contributed by atoms with E-state index in [4.69, 9.17) is 4.74 Å². The average Bonchev–Trinajstić information content (AvgIpc) is 2.30. The monoisotopic (exact) mass is 336 g/mol. The molecule has 0 aliphatic heterocycles. The second-order valence-corrected chi connectivity index (χ2v) is 5.79. The number of hydrogen-bond donors (Lipinski definition) is 2. The third-order valence-corrected chi connectivity index (χ3v) is 3.56. The fourth-order valence-corrected chi connectivity index (χ4v) is 2.21. The Hall–Kier alpha value is -1.12. The van der Waals surface area contributed by atoms with Gasteiger partial charge < -0.3 is 4.74 Å². The van der Waals surface area contributed by atoms with Crippen LogP contribution in [-0.2, 0) is 19.7 Å². The van der Waals surface area contributed by atoms with E-state index in [9.17, 15) is 13.2 Å². The molecule has 0 saturated heterocycles. The molecule has 100 valence electrons. The van der Waals surface area contributed by atoms with Crippen LogP contribution in [0.25, 0.3) is 0 Å². The van der Waals surface area contributed by atoms with Gasteiger partial charge in [0, 0.05) is 11.6 Å². The minimum absolute atomic E-state index is 0.351. The number of hydrogen-bond acceptors (Lipinski definition) is 4. The van der Waals surface area contributed by atoms with Gasteiger partial charge in [-0.1, -0.05) is 15.9 Å². The predicted octanol–water partition coefficient (Wildman–Crippen LogP) is 1.26. The molecule has 6 nitrogen and oxygen atoms in total. The van der Waals surface area contributed by atoms with Crippen LogP contribution in [0.1, 0.15) is 6.92 Å². The molecule has 2 N–H and O–H groups in total. The zero-order chi connectivity index (χ0) is 13.8. The summed E-state index contributed by atoms with van der Waals surface area (Å²) < 4.78 is 32.8. The van der Waals surface area contributed by atoms with Crippen molar-refractivity contribution in [3.05, 3.63) is 28.7 Å². The average molecular weight is 337 g/mol. The smallest absolute Gasteiger partial charge is 0.323 e. The van der Waals surface area contributed by atoms with Crippen LogP contribution in [0.3, 0.4) is 0 Å². The second kappa shape index (κ2) is 6.17. The largest absolute Gasteiger partial charge is 0.372 e. The third kappa shape index (κ3) is 4.63. The van der Waals surface area contributed by atoms with Crippen molar-refractivity contribution in [3.8, 4) is 0 Å². The lowest BCUT2D eigenvalue weighted by Crippen LogP contribution is -2.41. The highest BCUT2D eigenvalue weighted by Gasteiger charge is 2.19. The van der Waals surface area contributed by atoms with Gasteiger partial charge in [-0.15, -0.1) is 0 Å². The molecule has 1 amide bonds. The summed E-state index contributed by atoms with van der Waals surface area (Å²) in [4.78, 5) is 11.4. The van der Waals surface area contributed by atoms with Crippen LogP contribution in [0.4, 0.5) is 5.69 Å². The van der Waals surface area contributed by atoms with Crippen LogP contribution < -0.4 is 9.44 Å². The van der Waals surface area contributed by atoms with Gasteiger partial charge in [0.15, 0.2) is 0 Å². The Morgan fingerprint density at radius 1 is 1.33 bits per heavy atom. The van der Waals surface area contributed by atoms with Gasteiger partial charge in [0.05, 0.1) is 5.69 Å². The van der Waals surface area contributed by atoms with E-state index in [2.05, 4.69) is 20.7 Å². The number of amides is 1. The number of nitrogens with one attached hydrogen (secondary N) is 2. The summed E-state index contributed by atoms with van der Waals surface area (Å²) >= 11 is 3.23. The first-order chi connectivity index (χ1) is 8.34. The Labute approximate surface area is 114 Å². The maximum Gasteiger partial charge on any atom is 0.323 e. The number of methoxy groups -OCH3 is 1. The molecule has 1 aromatic carbocycles. The highest BCUT2D eigenvalue weighted by Crippen LogP contribution is 2.14. The van der Waals surface area contributed by atoms with Crippen molar-refractivity contribution < 1.29 is 17.9 Å². The number of rotatable bonds is 5. The molecule has 0 heterocycles. The van der Waals surface area contributed by atoms with Crippen LogP contribution in [0, 0.1) is 0 Å². The molecule has 0 aromatic heterocycles. The predicted molar refractivity (Wildman–Crippen MR) is 71.3 cm³/mol. The van der Waals surface area contributed by atoms with Crippen LogP contribution in [-0.4, -0.2) is 27.5 Å². The summed E-state index contributed by atoms with van der Waals surface area (Å²) in [5, 5.41) is 0. The third-order valence-electron chi connectivity index (χ3n) is 2.05. The molecule has 1 atom stereocenters. The Bertz CT molecular complexity index is 515. The number of ether oxygens (including phenoxy) is 1. The number of benzene rings is 1. The van der Waals surface area contributed by atoms with Gasteiger partial charge in [-0.25, -0.2) is 4.72 Å². The summed E-state index contributed by atoms with van der Waals surface area (Å²) in [6.07, 6.45) is -0.841. The summed E-state index contributed by atoms with van der Waals surface area (Å²) in [6.45, 7) is 1.45. The lowest BCUT2D eigenvalue weighted by atomic mass is 10.3. The molecule has 0 bridgehead atoms. The summed E-state index contributed by atoms with van der Waals surface area (Å²) in [6, 6.07) is 6.48. The lowest BCUT2D eigenvalue weighted by Gasteiger charge is -2.12. The molecule has 18 heavy (non-hydrogen) atoms. The van der Waals surface area contributed by atoms with Crippen molar-refractivity contribution in [1.29, 1.82) is 0 Å². The first kappa shape index (κ1) is 14.9. The van der Waals surface area contributed by atoms with Gasteiger partial charge in [0.25, 0.3) is 5.91 Å². The molecule has 1 aromatic rings. The standard InChI is InChI=1S/C10H13BrN2O4S/c1-7(17-2)10(14)13-18(15,16)12-9-5-3-8(11)4-6-9/h3-7,12H,1-2H3,(H,13,14). The number of anilines is 1. The first-order valence-electron chi connectivity index (χ1n) is 4.97. The second-order valence-electron chi connectivity index (χ2n) is 3.46. The van der Waals surface area contributed by atoms with Crippen LogP contribution in [0.2, 0.25) is 0 Å². The fourth-order valence-electron chi connectivity index (χ4n) is 1.02. The molecule has 0 fully saturated rings. The van der Waals surface area contributed by atoms with Crippen molar-refractivity contribution >= 4 is 37.7 Å². The molecular weight excluding hydrogens is 324 g/mol. The van der Waals surface area contributed by atoms with E-state index in [1.807, 2.05) is 4.72 Å². The fraction of sp³-hybridized carbons (Fsp3) is 0.300. The molecule has 0 aliphatic rings. The molecule has 8 heteroatoms. The van der Waals surface area contributed by atoms with E-state index in [1.54, 1.807) is 24.3 Å². The normalized spacial score (nSPS) is 12.8. The van der Waals surface area contributed by atoms with Crippen LogP contribution in [0.15, 0.2) is 28.7 Å². The van der Waals surface area contributed by atoms with E-state index in [-0.39, 0.29) is 0 Å². The van der Waals surface area contributed by atoms with Crippen molar-refractivity contribution in [2.75, 3.05) is 11.8 Å². The van der Waals surface area contributed by atoms with Crippen LogP contribution >= 0.6 is 15.9 Å². The van der Waals surface area contributed by atoms with E-state index >= 15 is 0 Å². The SMILES string of the molecule is COC(C)C(=O)NS(=O)(=O)Nc1ccc(Br)cc1. The van der Waals surface area contributed by atoms with Crippen molar-refractivity contribution in [2.45, 2.75) is 13.0 Å². The van der Waals surface area contributed by atoms with Gasteiger partial charge >= 0.3 is 10.2 Å². The Balaban J connectivity index is 2.71. The molecule has 1 rings (SSSR count). The highest BCUT2D eigenvalue weighted by atomic mass is 79.9. The Morgan fingerprint density at radius 3 is 2.39 bits per heavy atom. The van der Waals surface area contributed by atoms with Gasteiger partial charge in [-0.3, -0.25) is 9.52 Å². The topological polar surface area (TPSA) is 84.5 Å². The van der Waals surface area contributed by atoms with E-state index < -0.39 is 22.2 Å². The molecule has 0 saturated carbocycles. The molecule has 0 aliphatic carbocycles. The van der Waals surface area contributed by atoms with E-state index in [1.165, 1.54) is 14.0 Å². The first-order valence-corrected chi connectivity index (χ1v) is 7.24. The summed E-state index contributed by atoms with van der Waals surface area (Å²) in [5.41, 5.74) is 0.351. The van der Waals surface area contributed by atoms with Crippen molar-refractivity contribution in [2.24, 2.45) is 0 Å². The van der Waals surface area contributed by atoms with Gasteiger partial charge in [-0.05, 0) is 31.2 Å². The maximum absolute atomic E-state index is 11.6. The quantitative estimate of drug-likeness (QED) is 0.847. The summed E-state index contributed by atoms with van der Waals surface area (Å²) in [7, 11) is -2.63. The van der Waals surface area contributed by atoms with Crippen molar-refractivity contribution in [1.82, 2.24) is 4.72 Å². The van der Waals surface area contributed by atoms with Crippen LogP contribution in [0.5, 0.6) is 0 Å². The van der Waals surface area contributed by atoms with Crippen molar-refractivity contribution in [3.63, 3.8) is 0 Å². The minimum atomic E-state index is -3.95. The van der Waals surface area contributed by atoms with Gasteiger partial charge in [0.2, 0.25) is 0 Å². The number of carbonyl (C=O) groups excluding carboxylic acids is 1. The molecular formula is C10H13BrN2O4S. The van der Waals surface area contributed by atoms with Gasteiger partial charge in [-0.2, -0.15) is 8.42 Å². The minimum Gasteiger partial charge on any atom is -0.372 e. The number of halogens is 1. The number of carbonyl (C=O) groups is 1. The highest BCUT2D eigenvalue weighted by molar-refractivity contribution is 9.10. The molecule has 0 spiro atoms. The Morgan fingerprint density at radius 2 is 1.89 bits per heavy atom. The maximum atomic E-state index is 11.6. The van der Waals surface area contributed by atoms with E-state index in [0.29, 0.717) is 5.69 Å². The zero-order valence-corrected chi connectivity index (χ0v) is 12.2. The van der Waals surface area contributed by atoms with E-state index in [0.717, 1.165) is 4.47 Å². The summed E-state index contributed by atoms with van der Waals surface area (Å²) in [5.74, 6) is -0.734. The molecule has 1 unspecified atom stereocenters. The van der Waals surface area contributed by atoms with Gasteiger partial charge in [0.1, 0.15) is 6.10 Å². The Kier molecular flexibility index (Phi) is 5.12. The zero-order valence-electron chi connectivity index (χ0n) is 9.81. The molecule has 0 radical (unpaired) electrons.